The van der Waals surface area contributed by atoms with Crippen molar-refractivity contribution in [3.05, 3.63) is 48.5 Å². The van der Waals surface area contributed by atoms with Gasteiger partial charge in [0.1, 0.15) is 12.3 Å². The minimum atomic E-state index is 0.208. The van der Waals surface area contributed by atoms with E-state index in [1.807, 2.05) is 53.1 Å². The monoisotopic (exact) mass is 278 g/mol. The fourth-order valence-electron chi connectivity index (χ4n) is 2.26. The lowest BCUT2D eigenvalue weighted by atomic mass is 10.2. The van der Waals surface area contributed by atoms with Gasteiger partial charge < -0.3 is 10.1 Å². The van der Waals surface area contributed by atoms with Gasteiger partial charge in [0.2, 0.25) is 5.95 Å². The fourth-order valence-corrected chi connectivity index (χ4v) is 2.26. The maximum absolute atomic E-state index is 8.77. The molecule has 5 heteroatoms. The Labute approximate surface area is 122 Å². The van der Waals surface area contributed by atoms with Gasteiger partial charge in [0.15, 0.2) is 0 Å². The largest absolute Gasteiger partial charge is 0.497 e. The summed E-state index contributed by atoms with van der Waals surface area (Å²) in [5.74, 6) is 1.46. The van der Waals surface area contributed by atoms with Crippen LogP contribution in [-0.2, 0) is 0 Å². The summed E-state index contributed by atoms with van der Waals surface area (Å²) in [7, 11) is 1.64. The van der Waals surface area contributed by atoms with Crippen LogP contribution in [0.4, 0.5) is 5.95 Å². The summed E-state index contributed by atoms with van der Waals surface area (Å²) >= 11 is 0. The molecule has 0 spiro atoms. The van der Waals surface area contributed by atoms with Gasteiger partial charge in [-0.1, -0.05) is 12.1 Å². The zero-order valence-corrected chi connectivity index (χ0v) is 11.6. The van der Waals surface area contributed by atoms with Crippen LogP contribution >= 0.6 is 0 Å². The Kier molecular flexibility index (Phi) is 3.44. The number of fused-ring (bicyclic) bond motifs is 1. The van der Waals surface area contributed by atoms with E-state index in [4.69, 9.17) is 10.00 Å². The number of anilines is 1. The highest BCUT2D eigenvalue weighted by Crippen LogP contribution is 2.25. The lowest BCUT2D eigenvalue weighted by Gasteiger charge is -2.10. The van der Waals surface area contributed by atoms with E-state index >= 15 is 0 Å². The third-order valence-electron chi connectivity index (χ3n) is 3.22. The van der Waals surface area contributed by atoms with E-state index in [0.29, 0.717) is 5.95 Å². The van der Waals surface area contributed by atoms with E-state index in [9.17, 15) is 0 Å². The first kappa shape index (κ1) is 13.0. The van der Waals surface area contributed by atoms with Crippen LogP contribution in [0.2, 0.25) is 0 Å². The summed E-state index contributed by atoms with van der Waals surface area (Å²) in [5, 5.41) is 11.8. The molecule has 1 heterocycles. The number of nitrogens with one attached hydrogen (secondary N) is 1. The van der Waals surface area contributed by atoms with Crippen molar-refractivity contribution in [3.8, 4) is 17.5 Å². The molecule has 0 amide bonds. The molecular weight excluding hydrogens is 264 g/mol. The van der Waals surface area contributed by atoms with Crippen LogP contribution in [0.15, 0.2) is 48.5 Å². The van der Waals surface area contributed by atoms with Gasteiger partial charge >= 0.3 is 0 Å². The lowest BCUT2D eigenvalue weighted by Crippen LogP contribution is -2.06. The zero-order valence-electron chi connectivity index (χ0n) is 11.6. The Morgan fingerprint density at radius 1 is 1.19 bits per heavy atom. The van der Waals surface area contributed by atoms with Crippen molar-refractivity contribution in [2.24, 2.45) is 0 Å². The second-order valence-corrected chi connectivity index (χ2v) is 4.47. The summed E-state index contributed by atoms with van der Waals surface area (Å²) in [6.45, 7) is 0.208. The van der Waals surface area contributed by atoms with Crippen molar-refractivity contribution < 1.29 is 4.74 Å². The molecule has 0 aliphatic carbocycles. The van der Waals surface area contributed by atoms with Crippen molar-refractivity contribution in [2.75, 3.05) is 19.0 Å². The van der Waals surface area contributed by atoms with Crippen LogP contribution < -0.4 is 10.1 Å². The molecule has 2 aromatic carbocycles. The molecule has 0 aliphatic heterocycles. The number of nitriles is 1. The van der Waals surface area contributed by atoms with Gasteiger partial charge in [-0.15, -0.1) is 0 Å². The predicted octanol–water partition coefficient (Wildman–Crippen LogP) is 2.97. The molecule has 0 radical (unpaired) electrons. The summed E-state index contributed by atoms with van der Waals surface area (Å²) in [6.07, 6.45) is 0. The average Bonchev–Trinajstić information content (AvgIpc) is 2.91. The third kappa shape index (κ3) is 2.39. The van der Waals surface area contributed by atoms with E-state index in [0.717, 1.165) is 22.5 Å². The van der Waals surface area contributed by atoms with Crippen LogP contribution in [-0.4, -0.2) is 23.2 Å². The number of benzene rings is 2. The van der Waals surface area contributed by atoms with Gasteiger partial charge in [0.25, 0.3) is 0 Å². The molecule has 21 heavy (non-hydrogen) atoms. The van der Waals surface area contributed by atoms with Crippen molar-refractivity contribution in [2.45, 2.75) is 0 Å². The second kappa shape index (κ2) is 5.55. The molecular formula is C16H14N4O. The van der Waals surface area contributed by atoms with Crippen molar-refractivity contribution in [1.82, 2.24) is 9.55 Å². The number of methoxy groups -OCH3 is 1. The summed E-state index contributed by atoms with van der Waals surface area (Å²) in [4.78, 5) is 4.54. The van der Waals surface area contributed by atoms with Crippen molar-refractivity contribution in [3.63, 3.8) is 0 Å². The molecule has 1 N–H and O–H groups in total. The normalized spacial score (nSPS) is 10.3. The topological polar surface area (TPSA) is 62.9 Å². The summed E-state index contributed by atoms with van der Waals surface area (Å²) in [5.41, 5.74) is 2.84. The molecule has 3 aromatic rings. The maximum atomic E-state index is 8.77. The predicted molar refractivity (Wildman–Crippen MR) is 81.7 cm³/mol. The number of rotatable bonds is 4. The first-order valence-electron chi connectivity index (χ1n) is 6.56. The molecule has 0 atom stereocenters. The lowest BCUT2D eigenvalue weighted by molar-refractivity contribution is 0.415. The van der Waals surface area contributed by atoms with Crippen LogP contribution in [0.5, 0.6) is 5.75 Å². The van der Waals surface area contributed by atoms with Crippen LogP contribution in [0.1, 0.15) is 0 Å². The van der Waals surface area contributed by atoms with Gasteiger partial charge in [0.05, 0.1) is 24.2 Å². The standard InChI is InChI=1S/C16H14N4O/c1-21-13-8-6-12(7-9-13)20-15-5-3-2-4-14(15)19-16(20)18-11-10-17/h2-9H,11H2,1H3,(H,18,19). The first-order chi connectivity index (χ1) is 10.3. The number of para-hydroxylation sites is 2. The van der Waals surface area contributed by atoms with E-state index in [1.54, 1.807) is 7.11 Å². The van der Waals surface area contributed by atoms with Gasteiger partial charge in [-0.2, -0.15) is 5.26 Å². The number of nitrogens with zero attached hydrogens (tertiary/aromatic N) is 3. The Morgan fingerprint density at radius 3 is 2.67 bits per heavy atom. The third-order valence-corrected chi connectivity index (χ3v) is 3.22. The molecule has 104 valence electrons. The summed E-state index contributed by atoms with van der Waals surface area (Å²) in [6, 6.07) is 17.7. The highest BCUT2D eigenvalue weighted by Gasteiger charge is 2.11. The molecule has 5 nitrogen and oxygen atoms in total. The molecule has 0 aliphatic rings. The minimum Gasteiger partial charge on any atom is -0.497 e. The van der Waals surface area contributed by atoms with Crippen LogP contribution in [0.25, 0.3) is 16.7 Å². The van der Waals surface area contributed by atoms with Crippen molar-refractivity contribution >= 4 is 17.0 Å². The quantitative estimate of drug-likeness (QED) is 0.745. The molecule has 0 fully saturated rings. The number of ether oxygens (including phenoxy) is 1. The average molecular weight is 278 g/mol. The molecule has 1 aromatic heterocycles. The smallest absolute Gasteiger partial charge is 0.209 e. The number of imidazole rings is 1. The highest BCUT2D eigenvalue weighted by molar-refractivity contribution is 5.81. The van der Waals surface area contributed by atoms with Gasteiger partial charge in [-0.3, -0.25) is 4.57 Å². The van der Waals surface area contributed by atoms with E-state index in [2.05, 4.69) is 16.4 Å². The molecule has 3 rings (SSSR count). The van der Waals surface area contributed by atoms with Gasteiger partial charge in [-0.05, 0) is 36.4 Å². The van der Waals surface area contributed by atoms with Crippen LogP contribution in [0, 0.1) is 11.3 Å². The number of hydrogen-bond donors (Lipinski definition) is 1. The van der Waals surface area contributed by atoms with Crippen molar-refractivity contribution in [1.29, 1.82) is 5.26 Å². The van der Waals surface area contributed by atoms with Gasteiger partial charge in [0, 0.05) is 5.69 Å². The Bertz CT molecular complexity index is 799. The van der Waals surface area contributed by atoms with E-state index in [1.165, 1.54) is 0 Å². The number of hydrogen-bond acceptors (Lipinski definition) is 4. The fraction of sp³-hybridized carbons (Fsp3) is 0.125. The van der Waals surface area contributed by atoms with E-state index in [-0.39, 0.29) is 6.54 Å². The van der Waals surface area contributed by atoms with Gasteiger partial charge in [-0.25, -0.2) is 4.98 Å². The maximum Gasteiger partial charge on any atom is 0.209 e. The molecule has 0 saturated carbocycles. The Hall–Kier alpha value is -3.00. The Balaban J connectivity index is 2.15. The first-order valence-corrected chi connectivity index (χ1v) is 6.56. The molecule has 0 unspecified atom stereocenters. The highest BCUT2D eigenvalue weighted by atomic mass is 16.5. The molecule has 0 bridgehead atoms. The second-order valence-electron chi connectivity index (χ2n) is 4.47. The molecule has 0 saturated heterocycles. The summed E-state index contributed by atoms with van der Waals surface area (Å²) < 4.78 is 7.18. The Morgan fingerprint density at radius 2 is 1.95 bits per heavy atom. The van der Waals surface area contributed by atoms with Crippen LogP contribution in [0.3, 0.4) is 0 Å². The van der Waals surface area contributed by atoms with E-state index < -0.39 is 0 Å². The zero-order chi connectivity index (χ0) is 14.7. The SMILES string of the molecule is COc1ccc(-n2c(NCC#N)nc3ccccc32)cc1. The number of aromatic nitrogens is 2. The minimum absolute atomic E-state index is 0.208.